The highest BCUT2D eigenvalue weighted by Crippen LogP contribution is 2.45. The maximum atomic E-state index is 12.9. The average molecular weight is 499 g/mol. The molecule has 2 N–H and O–H groups in total. The van der Waals surface area contributed by atoms with Crippen LogP contribution in [0.1, 0.15) is 52.6 Å². The van der Waals surface area contributed by atoms with E-state index in [4.69, 9.17) is 32.9 Å². The summed E-state index contributed by atoms with van der Waals surface area (Å²) in [4.78, 5) is 17.8. The van der Waals surface area contributed by atoms with Gasteiger partial charge < -0.3 is 15.2 Å². The number of nitrogens with one attached hydrogen (secondary N) is 1. The highest BCUT2D eigenvalue weighted by molar-refractivity contribution is 6.33. The maximum absolute atomic E-state index is 12.9. The Morgan fingerprint density at radius 1 is 1.09 bits per heavy atom. The number of ether oxygens (including phenoxy) is 1. The number of hydrogen-bond donors (Lipinski definition) is 2. The highest BCUT2D eigenvalue weighted by atomic mass is 35.5. The minimum absolute atomic E-state index is 0.0418. The first-order valence-corrected chi connectivity index (χ1v) is 11.9. The summed E-state index contributed by atoms with van der Waals surface area (Å²) in [6, 6.07) is 14.0. The lowest BCUT2D eigenvalue weighted by molar-refractivity contribution is -0.129. The number of halogens is 2. The zero-order valence-corrected chi connectivity index (χ0v) is 21.4. The Morgan fingerprint density at radius 3 is 2.38 bits per heavy atom. The molecule has 0 aliphatic carbocycles. The van der Waals surface area contributed by atoms with E-state index in [-0.39, 0.29) is 17.7 Å². The molecule has 0 saturated carbocycles. The number of phenolic OH excluding ortho intramolecular Hbond substituents is 1. The van der Waals surface area contributed by atoms with Crippen molar-refractivity contribution in [2.45, 2.75) is 52.7 Å². The summed E-state index contributed by atoms with van der Waals surface area (Å²) in [5.41, 5.74) is 2.73. The van der Waals surface area contributed by atoms with E-state index in [1.807, 2.05) is 65.0 Å². The zero-order chi connectivity index (χ0) is 24.8. The van der Waals surface area contributed by atoms with Gasteiger partial charge in [-0.3, -0.25) is 4.79 Å². The predicted octanol–water partition coefficient (Wildman–Crippen LogP) is 7.19. The second kappa shape index (κ2) is 8.79. The third kappa shape index (κ3) is 5.01. The van der Waals surface area contributed by atoms with Gasteiger partial charge in [0.15, 0.2) is 0 Å². The van der Waals surface area contributed by atoms with Gasteiger partial charge in [-0.15, -0.1) is 0 Å². The van der Waals surface area contributed by atoms with Crippen molar-refractivity contribution in [2.24, 2.45) is 5.41 Å². The molecule has 1 amide bonds. The first-order valence-electron chi connectivity index (χ1n) is 11.1. The van der Waals surface area contributed by atoms with Crippen molar-refractivity contribution in [3.05, 3.63) is 64.1 Å². The molecule has 0 spiro atoms. The van der Waals surface area contributed by atoms with Gasteiger partial charge >= 0.3 is 0 Å². The van der Waals surface area contributed by atoms with Gasteiger partial charge in [-0.1, -0.05) is 56.1 Å². The Hall–Kier alpha value is -2.76. The first kappa shape index (κ1) is 24.4. The second-order valence-corrected chi connectivity index (χ2v) is 11.1. The van der Waals surface area contributed by atoms with Crippen LogP contribution in [0, 0.1) is 5.41 Å². The van der Waals surface area contributed by atoms with Crippen molar-refractivity contribution in [3.8, 4) is 34.0 Å². The molecule has 0 fully saturated rings. The standard InChI is InChI=1S/C27H28Cl2N2O3/c1-26(2,3)25(33)30-22-14-27(4,5)34-24-20(22)13-19(15-6-8-16(28)9-7-15)23(31-24)18-11-10-17(32)12-21(18)29/h6-13,22,32H,14H2,1-5H3,(H,30,33). The number of carbonyl (C=O) groups excluding carboxylic acids is 1. The Balaban J connectivity index is 1.93. The monoisotopic (exact) mass is 498 g/mol. The van der Waals surface area contributed by atoms with E-state index in [1.54, 1.807) is 12.1 Å². The second-order valence-electron chi connectivity index (χ2n) is 10.3. The normalized spacial score (nSPS) is 17.0. The van der Waals surface area contributed by atoms with Gasteiger partial charge in [0.05, 0.1) is 16.8 Å². The molecule has 1 aliphatic rings. The number of amides is 1. The quantitative estimate of drug-likeness (QED) is 0.400. The third-order valence-electron chi connectivity index (χ3n) is 5.81. The van der Waals surface area contributed by atoms with Gasteiger partial charge in [0.1, 0.15) is 11.4 Å². The van der Waals surface area contributed by atoms with Crippen LogP contribution in [0.3, 0.4) is 0 Å². The van der Waals surface area contributed by atoms with Gasteiger partial charge in [0, 0.05) is 33.5 Å². The Labute approximate surface area is 210 Å². The van der Waals surface area contributed by atoms with E-state index in [2.05, 4.69) is 5.32 Å². The fourth-order valence-corrected chi connectivity index (χ4v) is 4.39. The highest BCUT2D eigenvalue weighted by Gasteiger charge is 2.38. The summed E-state index contributed by atoms with van der Waals surface area (Å²) in [6.45, 7) is 9.63. The Morgan fingerprint density at radius 2 is 1.76 bits per heavy atom. The smallest absolute Gasteiger partial charge is 0.225 e. The van der Waals surface area contributed by atoms with E-state index in [0.717, 1.165) is 16.7 Å². The molecule has 4 rings (SSSR count). The molecular weight excluding hydrogens is 471 g/mol. The van der Waals surface area contributed by atoms with Crippen LogP contribution >= 0.6 is 23.2 Å². The molecule has 7 heteroatoms. The van der Waals surface area contributed by atoms with Gasteiger partial charge in [-0.05, 0) is 55.8 Å². The van der Waals surface area contributed by atoms with E-state index < -0.39 is 11.0 Å². The number of benzene rings is 2. The summed E-state index contributed by atoms with van der Waals surface area (Å²) in [5, 5.41) is 14.1. The van der Waals surface area contributed by atoms with Crippen molar-refractivity contribution in [3.63, 3.8) is 0 Å². The number of nitrogens with zero attached hydrogens (tertiary/aromatic N) is 1. The first-order chi connectivity index (χ1) is 15.8. The molecule has 1 atom stereocenters. The van der Waals surface area contributed by atoms with Crippen LogP contribution < -0.4 is 10.1 Å². The summed E-state index contributed by atoms with van der Waals surface area (Å²) < 4.78 is 6.28. The molecule has 0 saturated heterocycles. The maximum Gasteiger partial charge on any atom is 0.225 e. The fraction of sp³-hybridized carbons (Fsp3) is 0.333. The van der Waals surface area contributed by atoms with Crippen LogP contribution in [0.5, 0.6) is 11.6 Å². The number of rotatable bonds is 3. The summed E-state index contributed by atoms with van der Waals surface area (Å²) in [5.74, 6) is 0.481. The van der Waals surface area contributed by atoms with Gasteiger partial charge in [0.25, 0.3) is 0 Å². The van der Waals surface area contributed by atoms with E-state index in [0.29, 0.717) is 33.6 Å². The van der Waals surface area contributed by atoms with Crippen LogP contribution in [0.2, 0.25) is 10.0 Å². The summed E-state index contributed by atoms with van der Waals surface area (Å²) in [7, 11) is 0. The average Bonchev–Trinajstić information content (AvgIpc) is 2.72. The molecule has 1 unspecified atom stereocenters. The van der Waals surface area contributed by atoms with Crippen molar-refractivity contribution in [1.29, 1.82) is 0 Å². The molecular formula is C27H28Cl2N2O3. The molecule has 2 aromatic carbocycles. The van der Waals surface area contributed by atoms with Crippen molar-refractivity contribution in [2.75, 3.05) is 0 Å². The molecule has 5 nitrogen and oxygen atoms in total. The fourth-order valence-electron chi connectivity index (χ4n) is 4.00. The summed E-state index contributed by atoms with van der Waals surface area (Å²) >= 11 is 12.7. The van der Waals surface area contributed by atoms with Crippen molar-refractivity contribution in [1.82, 2.24) is 10.3 Å². The lowest BCUT2D eigenvalue weighted by Crippen LogP contribution is -2.44. The number of pyridine rings is 1. The minimum atomic E-state index is -0.534. The van der Waals surface area contributed by atoms with Crippen LogP contribution in [0.25, 0.3) is 22.4 Å². The number of fused-ring (bicyclic) bond motifs is 1. The summed E-state index contributed by atoms with van der Waals surface area (Å²) in [6.07, 6.45) is 0.600. The molecule has 178 valence electrons. The van der Waals surface area contributed by atoms with Crippen LogP contribution in [0.4, 0.5) is 0 Å². The molecule has 2 heterocycles. The third-order valence-corrected chi connectivity index (χ3v) is 6.37. The van der Waals surface area contributed by atoms with E-state index in [1.165, 1.54) is 6.07 Å². The molecule has 3 aromatic rings. The topological polar surface area (TPSA) is 71.5 Å². The minimum Gasteiger partial charge on any atom is -0.508 e. The number of carbonyl (C=O) groups is 1. The predicted molar refractivity (Wildman–Crippen MR) is 136 cm³/mol. The van der Waals surface area contributed by atoms with Crippen LogP contribution in [-0.2, 0) is 4.79 Å². The zero-order valence-electron chi connectivity index (χ0n) is 19.9. The van der Waals surface area contributed by atoms with Gasteiger partial charge in [-0.25, -0.2) is 4.98 Å². The lowest BCUT2D eigenvalue weighted by atomic mass is 9.87. The Bertz CT molecular complexity index is 1250. The molecule has 0 bridgehead atoms. The van der Waals surface area contributed by atoms with E-state index >= 15 is 0 Å². The van der Waals surface area contributed by atoms with Crippen molar-refractivity contribution < 1.29 is 14.6 Å². The Kier molecular flexibility index (Phi) is 6.30. The molecule has 1 aliphatic heterocycles. The number of aromatic nitrogens is 1. The lowest BCUT2D eigenvalue weighted by Gasteiger charge is -2.38. The van der Waals surface area contributed by atoms with Gasteiger partial charge in [0.2, 0.25) is 11.8 Å². The van der Waals surface area contributed by atoms with Crippen LogP contribution in [-0.4, -0.2) is 21.6 Å². The SMILES string of the molecule is CC1(C)CC(NC(=O)C(C)(C)C)c2cc(-c3ccc(Cl)cc3)c(-c3ccc(O)cc3Cl)nc2O1. The number of hydrogen-bond acceptors (Lipinski definition) is 4. The number of phenols is 1. The molecule has 1 aromatic heterocycles. The van der Waals surface area contributed by atoms with Gasteiger partial charge in [-0.2, -0.15) is 0 Å². The molecule has 0 radical (unpaired) electrons. The largest absolute Gasteiger partial charge is 0.508 e. The van der Waals surface area contributed by atoms with E-state index in [9.17, 15) is 9.90 Å². The van der Waals surface area contributed by atoms with Crippen LogP contribution in [0.15, 0.2) is 48.5 Å². The molecule has 34 heavy (non-hydrogen) atoms. The number of aromatic hydroxyl groups is 1. The van der Waals surface area contributed by atoms with Crippen molar-refractivity contribution >= 4 is 29.1 Å².